The van der Waals surface area contributed by atoms with Crippen molar-refractivity contribution in [3.8, 4) is 11.8 Å². The number of hydrogen-bond acceptors (Lipinski definition) is 6. The van der Waals surface area contributed by atoms with Crippen LogP contribution in [-0.4, -0.2) is 25.9 Å². The summed E-state index contributed by atoms with van der Waals surface area (Å²) in [6.07, 6.45) is 0. The van der Waals surface area contributed by atoms with Crippen LogP contribution in [0.3, 0.4) is 0 Å². The first-order valence-electron chi connectivity index (χ1n) is 7.05. The molecule has 0 spiro atoms. The van der Waals surface area contributed by atoms with Gasteiger partial charge in [-0.25, -0.2) is 0 Å². The largest absolute Gasteiger partial charge is 0.497 e. The molecule has 24 heavy (non-hydrogen) atoms. The van der Waals surface area contributed by atoms with E-state index in [2.05, 4.69) is 5.32 Å². The lowest BCUT2D eigenvalue weighted by molar-refractivity contribution is -0.117. The van der Waals surface area contributed by atoms with E-state index in [1.165, 1.54) is 20.3 Å². The van der Waals surface area contributed by atoms with Crippen LogP contribution in [0.5, 0.6) is 5.75 Å². The van der Waals surface area contributed by atoms with Crippen molar-refractivity contribution in [3.63, 3.8) is 0 Å². The first kappa shape index (κ1) is 17.2. The van der Waals surface area contributed by atoms with E-state index in [0.29, 0.717) is 17.2 Å². The summed E-state index contributed by atoms with van der Waals surface area (Å²) in [5.41, 5.74) is 0.452. The van der Waals surface area contributed by atoms with Crippen LogP contribution in [0.15, 0.2) is 40.8 Å². The van der Waals surface area contributed by atoms with Gasteiger partial charge in [0.05, 0.1) is 13.2 Å². The molecule has 0 aliphatic heterocycles. The number of anilines is 1. The molecular weight excluding hydrogens is 312 g/mol. The Balaban J connectivity index is 2.09. The third kappa shape index (κ3) is 4.00. The van der Waals surface area contributed by atoms with Crippen molar-refractivity contribution in [1.29, 1.82) is 5.26 Å². The summed E-state index contributed by atoms with van der Waals surface area (Å²) in [5.74, 6) is -1.93. The van der Waals surface area contributed by atoms with E-state index in [4.69, 9.17) is 13.9 Å². The van der Waals surface area contributed by atoms with Gasteiger partial charge in [-0.2, -0.15) is 5.26 Å². The molecule has 0 aliphatic rings. The van der Waals surface area contributed by atoms with Crippen LogP contribution in [0.4, 0.5) is 5.69 Å². The van der Waals surface area contributed by atoms with Gasteiger partial charge < -0.3 is 19.2 Å². The Labute approximate surface area is 138 Å². The maximum absolute atomic E-state index is 12.3. The number of amides is 1. The first-order valence-corrected chi connectivity index (χ1v) is 7.05. The maximum Gasteiger partial charge on any atom is 0.249 e. The van der Waals surface area contributed by atoms with Crippen LogP contribution in [-0.2, 0) is 16.1 Å². The molecule has 1 atom stereocenters. The number of benzene rings is 1. The maximum atomic E-state index is 12.3. The molecule has 1 aromatic carbocycles. The fourth-order valence-electron chi connectivity index (χ4n) is 2.00. The highest BCUT2D eigenvalue weighted by atomic mass is 16.5. The van der Waals surface area contributed by atoms with Gasteiger partial charge in [0.15, 0.2) is 11.7 Å². The lowest BCUT2D eigenvalue weighted by Crippen LogP contribution is -2.28. The second-order valence-corrected chi connectivity index (χ2v) is 4.84. The highest BCUT2D eigenvalue weighted by molar-refractivity contribution is 6.14. The number of ketones is 1. The van der Waals surface area contributed by atoms with Crippen LogP contribution < -0.4 is 10.1 Å². The monoisotopic (exact) mass is 328 g/mol. The van der Waals surface area contributed by atoms with Crippen LogP contribution in [0.1, 0.15) is 16.3 Å². The van der Waals surface area contributed by atoms with Crippen LogP contribution in [0.2, 0.25) is 0 Å². The molecule has 1 N–H and O–H groups in total. The Kier molecular flexibility index (Phi) is 5.71. The van der Waals surface area contributed by atoms with Gasteiger partial charge in [0.2, 0.25) is 11.7 Å². The molecule has 0 bridgehead atoms. The third-order valence-corrected chi connectivity index (χ3v) is 3.20. The lowest BCUT2D eigenvalue weighted by atomic mass is 10.0. The predicted octanol–water partition coefficient (Wildman–Crippen LogP) is 2.40. The van der Waals surface area contributed by atoms with Gasteiger partial charge in [0, 0.05) is 12.8 Å². The fraction of sp³-hybridized carbons (Fsp3) is 0.235. The molecule has 0 saturated heterocycles. The average molecular weight is 328 g/mol. The molecule has 1 amide bonds. The molecular formula is C17H16N2O5. The second kappa shape index (κ2) is 7.94. The van der Waals surface area contributed by atoms with Crippen molar-refractivity contribution in [2.45, 2.75) is 6.61 Å². The number of methoxy groups -OCH3 is 2. The highest BCUT2D eigenvalue weighted by Gasteiger charge is 2.30. The molecule has 124 valence electrons. The molecule has 1 heterocycles. The van der Waals surface area contributed by atoms with Crippen molar-refractivity contribution < 1.29 is 23.5 Å². The van der Waals surface area contributed by atoms with E-state index in [1.807, 2.05) is 0 Å². The van der Waals surface area contributed by atoms with Gasteiger partial charge in [0.1, 0.15) is 18.1 Å². The van der Waals surface area contributed by atoms with Gasteiger partial charge in [-0.05, 0) is 36.4 Å². The average Bonchev–Trinajstić information content (AvgIpc) is 3.05. The van der Waals surface area contributed by atoms with E-state index in [9.17, 15) is 14.9 Å². The van der Waals surface area contributed by atoms with Gasteiger partial charge in [0.25, 0.3) is 0 Å². The van der Waals surface area contributed by atoms with E-state index >= 15 is 0 Å². The smallest absolute Gasteiger partial charge is 0.249 e. The number of ether oxygens (including phenoxy) is 2. The van der Waals surface area contributed by atoms with Gasteiger partial charge in [-0.1, -0.05) is 0 Å². The number of hydrogen-bond donors (Lipinski definition) is 1. The minimum absolute atomic E-state index is 0.0570. The number of furan rings is 1. The molecule has 2 aromatic rings. The molecule has 7 heteroatoms. The second-order valence-electron chi connectivity index (χ2n) is 4.84. The quantitative estimate of drug-likeness (QED) is 0.618. The Morgan fingerprint density at radius 1 is 1.21 bits per heavy atom. The fourth-order valence-corrected chi connectivity index (χ4v) is 2.00. The molecule has 2 rings (SSSR count). The van der Waals surface area contributed by atoms with Gasteiger partial charge in [-0.15, -0.1) is 0 Å². The highest BCUT2D eigenvalue weighted by Crippen LogP contribution is 2.18. The molecule has 0 radical (unpaired) electrons. The topological polar surface area (TPSA) is 102 Å². The molecule has 1 unspecified atom stereocenters. The summed E-state index contributed by atoms with van der Waals surface area (Å²) in [6.45, 7) is 0.197. The van der Waals surface area contributed by atoms with E-state index in [-0.39, 0.29) is 12.4 Å². The predicted molar refractivity (Wildman–Crippen MR) is 84.5 cm³/mol. The van der Waals surface area contributed by atoms with Crippen LogP contribution in [0.25, 0.3) is 0 Å². The molecule has 0 aliphatic carbocycles. The van der Waals surface area contributed by atoms with Crippen LogP contribution in [0, 0.1) is 17.2 Å². The molecule has 0 fully saturated rings. The summed E-state index contributed by atoms with van der Waals surface area (Å²) in [6, 6.07) is 11.2. The van der Waals surface area contributed by atoms with Gasteiger partial charge >= 0.3 is 0 Å². The zero-order chi connectivity index (χ0) is 17.5. The molecule has 7 nitrogen and oxygen atoms in total. The number of nitrogens with zero attached hydrogens (tertiary/aromatic N) is 1. The summed E-state index contributed by atoms with van der Waals surface area (Å²) in [5, 5.41) is 11.7. The number of carbonyl (C=O) groups excluding carboxylic acids is 2. The SMILES string of the molecule is COCc1ccc(C(=O)C(C#N)C(=O)Nc2ccc(OC)cc2)o1. The van der Waals surface area contributed by atoms with Crippen molar-refractivity contribution in [2.75, 3.05) is 19.5 Å². The number of nitriles is 1. The number of nitrogens with one attached hydrogen (secondary N) is 1. The summed E-state index contributed by atoms with van der Waals surface area (Å²) in [4.78, 5) is 24.5. The zero-order valence-electron chi connectivity index (χ0n) is 13.2. The Hall–Kier alpha value is -3.11. The van der Waals surface area contributed by atoms with Crippen molar-refractivity contribution in [3.05, 3.63) is 47.9 Å². The normalized spacial score (nSPS) is 11.4. The minimum Gasteiger partial charge on any atom is -0.497 e. The van der Waals surface area contributed by atoms with E-state index in [1.54, 1.807) is 36.4 Å². The Bertz CT molecular complexity index is 758. The Morgan fingerprint density at radius 2 is 1.92 bits per heavy atom. The molecule has 1 aromatic heterocycles. The lowest BCUT2D eigenvalue weighted by Gasteiger charge is -2.09. The summed E-state index contributed by atoms with van der Waals surface area (Å²) < 4.78 is 15.2. The summed E-state index contributed by atoms with van der Waals surface area (Å²) in [7, 11) is 3.02. The van der Waals surface area contributed by atoms with E-state index in [0.717, 1.165) is 0 Å². The summed E-state index contributed by atoms with van der Waals surface area (Å²) >= 11 is 0. The van der Waals surface area contributed by atoms with Crippen molar-refractivity contribution in [1.82, 2.24) is 0 Å². The Morgan fingerprint density at radius 3 is 2.50 bits per heavy atom. The van der Waals surface area contributed by atoms with Gasteiger partial charge in [-0.3, -0.25) is 9.59 Å². The standard InChI is InChI=1S/C17H16N2O5/c1-22-10-13-7-8-15(24-13)16(20)14(9-18)17(21)19-11-3-5-12(23-2)6-4-11/h3-8,14H,10H2,1-2H3,(H,19,21). The number of Topliss-reactive ketones (excluding diaryl/α,β-unsaturated/α-hetero) is 1. The first-order chi connectivity index (χ1) is 11.6. The zero-order valence-corrected chi connectivity index (χ0v) is 13.2. The van der Waals surface area contributed by atoms with Crippen molar-refractivity contribution >= 4 is 17.4 Å². The molecule has 0 saturated carbocycles. The van der Waals surface area contributed by atoms with E-state index < -0.39 is 17.6 Å². The van der Waals surface area contributed by atoms with Crippen molar-refractivity contribution in [2.24, 2.45) is 5.92 Å². The number of rotatable bonds is 7. The number of carbonyl (C=O) groups is 2. The third-order valence-electron chi connectivity index (χ3n) is 3.20. The van der Waals surface area contributed by atoms with Crippen LogP contribution >= 0.6 is 0 Å². The minimum atomic E-state index is -1.51.